The molecule has 0 atom stereocenters. The fraction of sp³-hybridized carbons (Fsp3) is 0.429. The Kier molecular flexibility index (Phi) is 6.99. The number of nitrogens with zero attached hydrogens (tertiary/aromatic N) is 2. The molecule has 23 heavy (non-hydrogen) atoms. The number of amides is 1. The Morgan fingerprint density at radius 3 is 2.70 bits per heavy atom. The average molecular weight is 361 g/mol. The van der Waals surface area contributed by atoms with E-state index in [1.165, 1.54) is 6.07 Å². The van der Waals surface area contributed by atoms with Gasteiger partial charge in [0.2, 0.25) is 5.91 Å². The number of hydrogen-bond donors (Lipinski definition) is 2. The number of likely N-dealkylation sites (N-methyl/N-ethyl adjacent to an activating group) is 1. The number of hydrogen-bond acceptors (Lipinski definition) is 5. The van der Waals surface area contributed by atoms with Gasteiger partial charge in [0.15, 0.2) is 5.84 Å². The molecule has 7 nitrogen and oxygen atoms in total. The van der Waals surface area contributed by atoms with Gasteiger partial charge in [-0.3, -0.25) is 4.79 Å². The number of sulfonamides is 1. The zero-order valence-corrected chi connectivity index (χ0v) is 14.5. The summed E-state index contributed by atoms with van der Waals surface area (Å²) in [5.41, 5.74) is 5.91. The number of rotatable bonds is 6. The van der Waals surface area contributed by atoms with Crippen LogP contribution in [0.1, 0.15) is 18.4 Å². The summed E-state index contributed by atoms with van der Waals surface area (Å²) in [5, 5.41) is 2.78. The molecule has 1 amide bonds. The van der Waals surface area contributed by atoms with Crippen LogP contribution in [0.5, 0.6) is 0 Å². The summed E-state index contributed by atoms with van der Waals surface area (Å²) < 4.78 is 27.7. The topological polar surface area (TPSA) is 105 Å². The van der Waals surface area contributed by atoms with Crippen LogP contribution < -0.4 is 11.1 Å². The highest BCUT2D eigenvalue weighted by Gasteiger charge is 2.30. The molecule has 1 aliphatic heterocycles. The maximum absolute atomic E-state index is 12.0. The van der Waals surface area contributed by atoms with Crippen LogP contribution in [0, 0.1) is 0 Å². The molecule has 1 aromatic rings. The number of nitrogens with two attached hydrogens (primary N) is 1. The Bertz CT molecular complexity index is 691. The highest BCUT2D eigenvalue weighted by atomic mass is 35.5. The average Bonchev–Trinajstić information content (AvgIpc) is 2.76. The van der Waals surface area contributed by atoms with Crippen molar-refractivity contribution in [3.8, 4) is 0 Å². The van der Waals surface area contributed by atoms with Gasteiger partial charge in [0.25, 0.3) is 10.0 Å². The van der Waals surface area contributed by atoms with Crippen LogP contribution in [0.2, 0.25) is 0 Å². The molecular formula is C14H21ClN4O3S. The maximum Gasteiger partial charge on any atom is 0.285 e. The predicted octanol–water partition coefficient (Wildman–Crippen LogP) is 0.344. The molecule has 0 aliphatic carbocycles. The Balaban J connectivity index is 0.00000264. The monoisotopic (exact) mass is 360 g/mol. The van der Waals surface area contributed by atoms with E-state index in [0.717, 1.165) is 12.8 Å². The summed E-state index contributed by atoms with van der Waals surface area (Å²) in [5.74, 6) is 0.122. The van der Waals surface area contributed by atoms with Gasteiger partial charge >= 0.3 is 0 Å². The highest BCUT2D eigenvalue weighted by Crippen LogP contribution is 2.26. The van der Waals surface area contributed by atoms with E-state index in [9.17, 15) is 13.2 Å². The molecule has 0 radical (unpaired) electrons. The molecule has 0 unspecified atom stereocenters. The minimum atomic E-state index is -3.66. The van der Waals surface area contributed by atoms with Gasteiger partial charge in [-0.1, -0.05) is 12.1 Å². The molecule has 128 valence electrons. The second kappa shape index (κ2) is 8.28. The zero-order valence-electron chi connectivity index (χ0n) is 12.9. The van der Waals surface area contributed by atoms with Crippen LogP contribution in [-0.2, 0) is 14.8 Å². The van der Waals surface area contributed by atoms with Crippen molar-refractivity contribution in [2.45, 2.75) is 17.7 Å². The van der Waals surface area contributed by atoms with Crippen LogP contribution in [0.3, 0.4) is 0 Å². The summed E-state index contributed by atoms with van der Waals surface area (Å²) >= 11 is 0. The molecule has 2 rings (SSSR count). The first kappa shape index (κ1) is 19.4. The van der Waals surface area contributed by atoms with Crippen LogP contribution in [0.25, 0.3) is 0 Å². The number of benzene rings is 1. The van der Waals surface area contributed by atoms with E-state index in [4.69, 9.17) is 5.73 Å². The van der Waals surface area contributed by atoms with Gasteiger partial charge in [-0.15, -0.1) is 16.8 Å². The predicted molar refractivity (Wildman–Crippen MR) is 91.3 cm³/mol. The van der Waals surface area contributed by atoms with Crippen LogP contribution in [0.15, 0.2) is 33.6 Å². The van der Waals surface area contributed by atoms with Gasteiger partial charge in [0.05, 0.1) is 6.54 Å². The van der Waals surface area contributed by atoms with Crippen molar-refractivity contribution in [3.05, 3.63) is 29.8 Å². The quantitative estimate of drug-likeness (QED) is 0.712. The van der Waals surface area contributed by atoms with Gasteiger partial charge in [0, 0.05) is 19.2 Å². The number of amidine groups is 1. The molecule has 0 saturated heterocycles. The Hall–Kier alpha value is -1.64. The van der Waals surface area contributed by atoms with Crippen LogP contribution in [0.4, 0.5) is 0 Å². The fourth-order valence-corrected chi connectivity index (χ4v) is 3.46. The van der Waals surface area contributed by atoms with Crippen LogP contribution in [-0.4, -0.2) is 51.7 Å². The van der Waals surface area contributed by atoms with Gasteiger partial charge < -0.3 is 16.0 Å². The minimum absolute atomic E-state index is 0. The lowest BCUT2D eigenvalue weighted by Gasteiger charge is -2.18. The maximum atomic E-state index is 12.0. The Labute approximate surface area is 142 Å². The number of halogens is 1. The molecule has 0 spiro atoms. The van der Waals surface area contributed by atoms with E-state index in [1.54, 1.807) is 30.1 Å². The molecular weight excluding hydrogens is 340 g/mol. The van der Waals surface area contributed by atoms with Crippen molar-refractivity contribution < 1.29 is 13.2 Å². The molecule has 0 saturated carbocycles. The van der Waals surface area contributed by atoms with Gasteiger partial charge in [0.1, 0.15) is 4.90 Å². The fourth-order valence-electron chi connectivity index (χ4n) is 2.21. The summed E-state index contributed by atoms with van der Waals surface area (Å²) in [6, 6.07) is 6.60. The van der Waals surface area contributed by atoms with E-state index >= 15 is 0 Å². The lowest BCUT2D eigenvalue weighted by Crippen LogP contribution is -2.38. The lowest BCUT2D eigenvalue weighted by molar-refractivity contribution is -0.121. The third kappa shape index (κ3) is 4.66. The van der Waals surface area contributed by atoms with Crippen molar-refractivity contribution in [2.24, 2.45) is 10.1 Å². The van der Waals surface area contributed by atoms with E-state index in [0.29, 0.717) is 24.5 Å². The van der Waals surface area contributed by atoms with Crippen LogP contribution >= 0.6 is 12.4 Å². The third-order valence-corrected chi connectivity index (χ3v) is 4.63. The number of carbonyl (C=O) groups is 1. The van der Waals surface area contributed by atoms with Crippen molar-refractivity contribution >= 4 is 34.2 Å². The van der Waals surface area contributed by atoms with E-state index in [1.807, 2.05) is 0 Å². The van der Waals surface area contributed by atoms with Crippen molar-refractivity contribution in [3.63, 3.8) is 0 Å². The SMILES string of the molecule is CN(CC(=O)NCCCCN)C1=NS(=O)(=O)c2ccccc21.Cl. The third-order valence-electron chi connectivity index (χ3n) is 3.31. The minimum Gasteiger partial charge on any atom is -0.355 e. The Morgan fingerprint density at radius 1 is 1.30 bits per heavy atom. The largest absolute Gasteiger partial charge is 0.355 e. The second-order valence-electron chi connectivity index (χ2n) is 5.09. The van der Waals surface area contributed by atoms with E-state index in [2.05, 4.69) is 9.71 Å². The zero-order chi connectivity index (χ0) is 16.2. The number of unbranched alkanes of at least 4 members (excludes halogenated alkanes) is 1. The molecule has 1 aromatic carbocycles. The smallest absolute Gasteiger partial charge is 0.285 e. The molecule has 9 heteroatoms. The second-order valence-corrected chi connectivity index (χ2v) is 6.66. The number of carbonyl (C=O) groups excluding carboxylic acids is 1. The number of nitrogens with one attached hydrogen (secondary N) is 1. The molecule has 3 N–H and O–H groups in total. The first-order valence-corrected chi connectivity index (χ1v) is 8.52. The van der Waals surface area contributed by atoms with Gasteiger partial charge in [-0.05, 0) is 31.5 Å². The number of fused-ring (bicyclic) bond motifs is 1. The van der Waals surface area contributed by atoms with E-state index in [-0.39, 0.29) is 29.8 Å². The molecule has 1 heterocycles. The van der Waals surface area contributed by atoms with Gasteiger partial charge in [-0.2, -0.15) is 8.42 Å². The molecule has 0 fully saturated rings. The van der Waals surface area contributed by atoms with Gasteiger partial charge in [-0.25, -0.2) is 0 Å². The summed E-state index contributed by atoms with van der Waals surface area (Å²) in [4.78, 5) is 13.6. The van der Waals surface area contributed by atoms with Crippen molar-refractivity contribution in [2.75, 3.05) is 26.7 Å². The first-order chi connectivity index (χ1) is 10.5. The van der Waals surface area contributed by atoms with E-state index < -0.39 is 10.0 Å². The summed E-state index contributed by atoms with van der Waals surface area (Å²) in [6.45, 7) is 1.21. The summed E-state index contributed by atoms with van der Waals surface area (Å²) in [6.07, 6.45) is 1.68. The molecule has 0 aromatic heterocycles. The highest BCUT2D eigenvalue weighted by molar-refractivity contribution is 7.90. The normalized spacial score (nSPS) is 14.4. The first-order valence-electron chi connectivity index (χ1n) is 7.08. The van der Waals surface area contributed by atoms with Crippen molar-refractivity contribution in [1.29, 1.82) is 0 Å². The lowest BCUT2D eigenvalue weighted by atomic mass is 10.2. The molecule has 0 bridgehead atoms. The molecule has 1 aliphatic rings. The summed E-state index contributed by atoms with van der Waals surface area (Å²) in [7, 11) is -2.01. The van der Waals surface area contributed by atoms with Crippen molar-refractivity contribution in [1.82, 2.24) is 10.2 Å². The Morgan fingerprint density at radius 2 is 2.00 bits per heavy atom. The standard InChI is InChI=1S/C14H20N4O3S.ClH/c1-18(10-13(19)16-9-5-4-8-15)14-11-6-2-3-7-12(11)22(20,21)17-14;/h2-3,6-7H,4-5,8-10,15H2,1H3,(H,16,19);1H.